The smallest absolute Gasteiger partial charge is 0.224 e. The molecule has 0 atom stereocenters. The first-order valence-electron chi connectivity index (χ1n) is 5.86. The number of ether oxygens (including phenoxy) is 2. The number of methoxy groups -OCH3 is 1. The average Bonchev–Trinajstić information content (AvgIpc) is 2.33. The van der Waals surface area contributed by atoms with Crippen LogP contribution in [0.4, 0.5) is 0 Å². The van der Waals surface area contributed by atoms with Gasteiger partial charge in [0, 0.05) is 13.2 Å². The van der Waals surface area contributed by atoms with Crippen LogP contribution in [-0.4, -0.2) is 17.1 Å². The zero-order valence-electron chi connectivity index (χ0n) is 11.1. The molecule has 0 amide bonds. The molecule has 19 heavy (non-hydrogen) atoms. The van der Waals surface area contributed by atoms with Gasteiger partial charge < -0.3 is 9.47 Å². The summed E-state index contributed by atoms with van der Waals surface area (Å²) in [4.78, 5) is 8.30. The molecule has 2 rings (SSSR count). The SMILES string of the molecule is COCc1nc(Cl)cc(Oc2cc(C)ccc2C)n1. The van der Waals surface area contributed by atoms with E-state index in [9.17, 15) is 0 Å². The highest BCUT2D eigenvalue weighted by Gasteiger charge is 2.07. The van der Waals surface area contributed by atoms with Crippen molar-refractivity contribution in [2.24, 2.45) is 0 Å². The molecule has 2 aromatic rings. The molecule has 0 unspecified atom stereocenters. The number of nitrogens with zero attached hydrogens (tertiary/aromatic N) is 2. The molecule has 4 nitrogen and oxygen atoms in total. The maximum atomic E-state index is 5.94. The maximum Gasteiger partial charge on any atom is 0.224 e. The topological polar surface area (TPSA) is 44.2 Å². The third-order valence-corrected chi connectivity index (χ3v) is 2.74. The molecule has 1 aromatic carbocycles. The second-order valence-electron chi connectivity index (χ2n) is 4.25. The number of benzene rings is 1. The third kappa shape index (κ3) is 3.66. The van der Waals surface area contributed by atoms with Crippen molar-refractivity contribution in [3.05, 3.63) is 46.4 Å². The number of halogens is 1. The summed E-state index contributed by atoms with van der Waals surface area (Å²) in [6.07, 6.45) is 0. The van der Waals surface area contributed by atoms with Crippen LogP contribution in [0.5, 0.6) is 11.6 Å². The minimum absolute atomic E-state index is 0.295. The Kier molecular flexibility index (Phi) is 4.35. The standard InChI is InChI=1S/C14H15ClN2O2/c1-9-4-5-10(2)11(6-9)19-14-7-12(15)16-13(17-14)8-18-3/h4-7H,8H2,1-3H3. The Balaban J connectivity index is 2.29. The lowest BCUT2D eigenvalue weighted by molar-refractivity contribution is 0.177. The molecule has 0 fully saturated rings. The van der Waals surface area contributed by atoms with Gasteiger partial charge in [-0.05, 0) is 31.0 Å². The molecular weight excluding hydrogens is 264 g/mol. The molecular formula is C14H15ClN2O2. The quantitative estimate of drug-likeness (QED) is 0.800. The first-order chi connectivity index (χ1) is 9.08. The van der Waals surface area contributed by atoms with Crippen molar-refractivity contribution in [2.75, 3.05) is 7.11 Å². The summed E-state index contributed by atoms with van der Waals surface area (Å²) in [5.41, 5.74) is 2.16. The van der Waals surface area contributed by atoms with Crippen molar-refractivity contribution in [2.45, 2.75) is 20.5 Å². The van der Waals surface area contributed by atoms with E-state index in [0.717, 1.165) is 16.9 Å². The van der Waals surface area contributed by atoms with Crippen molar-refractivity contribution >= 4 is 11.6 Å². The van der Waals surface area contributed by atoms with Gasteiger partial charge in [0.15, 0.2) is 5.82 Å². The molecule has 0 saturated carbocycles. The fourth-order valence-corrected chi connectivity index (χ4v) is 1.81. The molecule has 0 radical (unpaired) electrons. The van der Waals surface area contributed by atoms with Crippen molar-refractivity contribution in [1.29, 1.82) is 0 Å². The van der Waals surface area contributed by atoms with Gasteiger partial charge in [-0.25, -0.2) is 4.98 Å². The highest BCUT2D eigenvalue weighted by atomic mass is 35.5. The summed E-state index contributed by atoms with van der Waals surface area (Å²) in [6, 6.07) is 7.58. The Labute approximate surface area is 117 Å². The fourth-order valence-electron chi connectivity index (χ4n) is 1.62. The van der Waals surface area contributed by atoms with Gasteiger partial charge in [-0.2, -0.15) is 4.98 Å². The summed E-state index contributed by atoms with van der Waals surface area (Å²) >= 11 is 5.94. The van der Waals surface area contributed by atoms with Gasteiger partial charge in [-0.3, -0.25) is 0 Å². The van der Waals surface area contributed by atoms with Gasteiger partial charge in [-0.1, -0.05) is 23.7 Å². The molecule has 100 valence electrons. The predicted molar refractivity (Wildman–Crippen MR) is 73.7 cm³/mol. The number of aromatic nitrogens is 2. The molecule has 0 aliphatic heterocycles. The first-order valence-corrected chi connectivity index (χ1v) is 6.24. The van der Waals surface area contributed by atoms with Crippen molar-refractivity contribution in [3.8, 4) is 11.6 Å². The fraction of sp³-hybridized carbons (Fsp3) is 0.286. The Bertz CT molecular complexity index is 588. The van der Waals surface area contributed by atoms with E-state index in [4.69, 9.17) is 21.1 Å². The van der Waals surface area contributed by atoms with E-state index < -0.39 is 0 Å². The van der Waals surface area contributed by atoms with Crippen molar-refractivity contribution < 1.29 is 9.47 Å². The molecule has 0 aliphatic rings. The second kappa shape index (κ2) is 5.99. The van der Waals surface area contributed by atoms with E-state index in [2.05, 4.69) is 9.97 Å². The van der Waals surface area contributed by atoms with Crippen LogP contribution >= 0.6 is 11.6 Å². The van der Waals surface area contributed by atoms with Crippen molar-refractivity contribution in [3.63, 3.8) is 0 Å². The summed E-state index contributed by atoms with van der Waals surface area (Å²) in [7, 11) is 1.58. The monoisotopic (exact) mass is 278 g/mol. The van der Waals surface area contributed by atoms with E-state index in [1.165, 1.54) is 0 Å². The number of rotatable bonds is 4. The van der Waals surface area contributed by atoms with Gasteiger partial charge in [0.2, 0.25) is 5.88 Å². The van der Waals surface area contributed by atoms with Crippen LogP contribution in [0.25, 0.3) is 0 Å². The van der Waals surface area contributed by atoms with Crippen molar-refractivity contribution in [1.82, 2.24) is 9.97 Å². The summed E-state index contributed by atoms with van der Waals surface area (Å²) in [5.74, 6) is 1.68. The lowest BCUT2D eigenvalue weighted by Crippen LogP contribution is -2.00. The Morgan fingerprint density at radius 2 is 1.95 bits per heavy atom. The zero-order valence-corrected chi connectivity index (χ0v) is 11.9. The molecule has 5 heteroatoms. The molecule has 0 aliphatic carbocycles. The van der Waals surface area contributed by atoms with E-state index in [-0.39, 0.29) is 0 Å². The van der Waals surface area contributed by atoms with Gasteiger partial charge in [-0.15, -0.1) is 0 Å². The van der Waals surface area contributed by atoms with Gasteiger partial charge in [0.25, 0.3) is 0 Å². The van der Waals surface area contributed by atoms with Crippen LogP contribution in [0.3, 0.4) is 0 Å². The predicted octanol–water partition coefficient (Wildman–Crippen LogP) is 3.69. The number of hydrogen-bond acceptors (Lipinski definition) is 4. The zero-order chi connectivity index (χ0) is 13.8. The largest absolute Gasteiger partial charge is 0.439 e. The molecule has 1 aromatic heterocycles. The minimum Gasteiger partial charge on any atom is -0.439 e. The second-order valence-corrected chi connectivity index (χ2v) is 4.64. The maximum absolute atomic E-state index is 5.94. The van der Waals surface area contributed by atoms with Gasteiger partial charge in [0.1, 0.15) is 17.5 Å². The molecule has 0 bridgehead atoms. The Morgan fingerprint density at radius 1 is 1.16 bits per heavy atom. The highest BCUT2D eigenvalue weighted by Crippen LogP contribution is 2.26. The van der Waals surface area contributed by atoms with Crippen LogP contribution < -0.4 is 4.74 Å². The van der Waals surface area contributed by atoms with Gasteiger partial charge in [0.05, 0.1) is 0 Å². The molecule has 1 heterocycles. The average molecular weight is 279 g/mol. The first kappa shape index (κ1) is 13.8. The van der Waals surface area contributed by atoms with Crippen LogP contribution in [0.1, 0.15) is 17.0 Å². The normalized spacial score (nSPS) is 10.5. The van der Waals surface area contributed by atoms with Crippen LogP contribution in [-0.2, 0) is 11.3 Å². The van der Waals surface area contributed by atoms with Crippen LogP contribution in [0, 0.1) is 13.8 Å². The van der Waals surface area contributed by atoms with Crippen LogP contribution in [0.2, 0.25) is 5.15 Å². The number of hydrogen-bond donors (Lipinski definition) is 0. The van der Waals surface area contributed by atoms with Gasteiger partial charge >= 0.3 is 0 Å². The van der Waals surface area contributed by atoms with Crippen LogP contribution in [0.15, 0.2) is 24.3 Å². The third-order valence-electron chi connectivity index (χ3n) is 2.55. The molecule has 0 saturated heterocycles. The minimum atomic E-state index is 0.295. The number of aryl methyl sites for hydroxylation is 2. The molecule has 0 N–H and O–H groups in total. The Morgan fingerprint density at radius 3 is 2.68 bits per heavy atom. The lowest BCUT2D eigenvalue weighted by atomic mass is 10.1. The highest BCUT2D eigenvalue weighted by molar-refractivity contribution is 6.29. The summed E-state index contributed by atoms with van der Waals surface area (Å²) < 4.78 is 10.8. The summed E-state index contributed by atoms with van der Waals surface area (Å²) in [5, 5.41) is 0.336. The van der Waals surface area contributed by atoms with E-state index in [1.807, 2.05) is 32.0 Å². The van der Waals surface area contributed by atoms with E-state index >= 15 is 0 Å². The van der Waals surface area contributed by atoms with E-state index in [0.29, 0.717) is 23.5 Å². The van der Waals surface area contributed by atoms with E-state index in [1.54, 1.807) is 13.2 Å². The summed E-state index contributed by atoms with van der Waals surface area (Å²) in [6.45, 7) is 4.28. The lowest BCUT2D eigenvalue weighted by Gasteiger charge is -2.09. The molecule has 0 spiro atoms. The Hall–Kier alpha value is -1.65.